The van der Waals surface area contributed by atoms with Crippen molar-refractivity contribution < 1.29 is 0 Å². The molecule has 4 rings (SSSR count). The number of halogens is 1. The van der Waals surface area contributed by atoms with Gasteiger partial charge in [-0.3, -0.25) is 4.68 Å². The molecule has 0 amide bonds. The second-order valence-electron chi connectivity index (χ2n) is 7.35. The minimum absolute atomic E-state index is 0.545. The number of benzene rings is 1. The normalized spacial score (nSPS) is 19.1. The Morgan fingerprint density at radius 2 is 1.78 bits per heavy atom. The molecule has 2 fully saturated rings. The standard InChI is InChI=1S/C20H27ClN6/c21-16-5-7-18(8-6-16)25-11-13-26(14-12-25)20(22)23-15-17-9-10-27(24-17)19-3-1-2-4-19/h5-10,19H,1-4,11-15H2,(H2,22,23). The fraction of sp³-hybridized carbons (Fsp3) is 0.500. The number of guanidine groups is 1. The summed E-state index contributed by atoms with van der Waals surface area (Å²) in [5.41, 5.74) is 8.43. The van der Waals surface area contributed by atoms with Crippen LogP contribution in [0.2, 0.25) is 5.02 Å². The number of hydrogen-bond acceptors (Lipinski definition) is 3. The molecule has 1 aliphatic carbocycles. The molecular formula is C20H27ClN6. The van der Waals surface area contributed by atoms with Gasteiger partial charge < -0.3 is 15.5 Å². The van der Waals surface area contributed by atoms with Gasteiger partial charge in [0.25, 0.3) is 0 Å². The van der Waals surface area contributed by atoms with E-state index in [0.717, 1.165) is 36.9 Å². The first kappa shape index (κ1) is 18.2. The molecular weight excluding hydrogens is 360 g/mol. The Balaban J connectivity index is 1.29. The predicted molar refractivity (Wildman–Crippen MR) is 110 cm³/mol. The van der Waals surface area contributed by atoms with Gasteiger partial charge in [-0.05, 0) is 43.2 Å². The summed E-state index contributed by atoms with van der Waals surface area (Å²) in [6.45, 7) is 4.13. The minimum Gasteiger partial charge on any atom is -0.370 e. The highest BCUT2D eigenvalue weighted by Gasteiger charge is 2.19. The molecule has 1 saturated carbocycles. The molecule has 1 aromatic heterocycles. The van der Waals surface area contributed by atoms with Gasteiger partial charge in [-0.15, -0.1) is 0 Å². The maximum atomic E-state index is 6.23. The number of piperazine rings is 1. The zero-order chi connectivity index (χ0) is 18.6. The Morgan fingerprint density at radius 3 is 2.48 bits per heavy atom. The van der Waals surface area contributed by atoms with E-state index in [9.17, 15) is 0 Å². The van der Waals surface area contributed by atoms with Gasteiger partial charge in [0, 0.05) is 43.1 Å². The van der Waals surface area contributed by atoms with Crippen LogP contribution in [0.5, 0.6) is 0 Å². The fourth-order valence-corrected chi connectivity index (χ4v) is 4.07. The van der Waals surface area contributed by atoms with Crippen molar-refractivity contribution in [2.75, 3.05) is 31.1 Å². The molecule has 0 radical (unpaired) electrons. The van der Waals surface area contributed by atoms with E-state index in [1.54, 1.807) is 0 Å². The highest BCUT2D eigenvalue weighted by molar-refractivity contribution is 6.30. The third-order valence-corrected chi connectivity index (χ3v) is 5.81. The van der Waals surface area contributed by atoms with E-state index in [0.29, 0.717) is 18.5 Å². The molecule has 0 spiro atoms. The van der Waals surface area contributed by atoms with Gasteiger partial charge in [-0.25, -0.2) is 4.99 Å². The Labute approximate surface area is 165 Å². The maximum Gasteiger partial charge on any atom is 0.191 e. The number of aliphatic imine (C=N–C) groups is 1. The average molecular weight is 387 g/mol. The van der Waals surface area contributed by atoms with Crippen LogP contribution in [0.25, 0.3) is 0 Å². The molecule has 2 aliphatic rings. The summed E-state index contributed by atoms with van der Waals surface area (Å²) >= 11 is 5.97. The summed E-state index contributed by atoms with van der Waals surface area (Å²) in [6.07, 6.45) is 7.19. The summed E-state index contributed by atoms with van der Waals surface area (Å²) < 4.78 is 2.11. The third kappa shape index (κ3) is 4.38. The first-order valence-corrected chi connectivity index (χ1v) is 10.2. The van der Waals surface area contributed by atoms with E-state index >= 15 is 0 Å². The molecule has 1 aliphatic heterocycles. The van der Waals surface area contributed by atoms with Crippen molar-refractivity contribution >= 4 is 23.2 Å². The molecule has 2 aromatic rings. The van der Waals surface area contributed by atoms with Gasteiger partial charge in [0.2, 0.25) is 0 Å². The molecule has 1 saturated heterocycles. The lowest BCUT2D eigenvalue weighted by Crippen LogP contribution is -2.51. The molecule has 2 N–H and O–H groups in total. The van der Waals surface area contributed by atoms with Gasteiger partial charge in [0.15, 0.2) is 5.96 Å². The van der Waals surface area contributed by atoms with Gasteiger partial charge in [0.1, 0.15) is 0 Å². The maximum absolute atomic E-state index is 6.23. The molecule has 0 atom stereocenters. The first-order valence-electron chi connectivity index (χ1n) is 9.78. The Morgan fingerprint density at radius 1 is 1.07 bits per heavy atom. The number of nitrogens with two attached hydrogens (primary N) is 1. The van der Waals surface area contributed by atoms with Crippen LogP contribution in [0.3, 0.4) is 0 Å². The number of nitrogens with zero attached hydrogens (tertiary/aromatic N) is 5. The van der Waals surface area contributed by atoms with E-state index in [4.69, 9.17) is 17.3 Å². The van der Waals surface area contributed by atoms with E-state index in [1.807, 2.05) is 12.1 Å². The summed E-state index contributed by atoms with van der Waals surface area (Å²) in [4.78, 5) is 9.08. The van der Waals surface area contributed by atoms with Crippen molar-refractivity contribution in [1.82, 2.24) is 14.7 Å². The fourth-order valence-electron chi connectivity index (χ4n) is 3.94. The Bertz CT molecular complexity index is 770. The van der Waals surface area contributed by atoms with Crippen molar-refractivity contribution in [3.63, 3.8) is 0 Å². The van der Waals surface area contributed by atoms with E-state index in [1.165, 1.54) is 31.4 Å². The molecule has 0 bridgehead atoms. The number of rotatable bonds is 4. The van der Waals surface area contributed by atoms with Crippen molar-refractivity contribution in [2.24, 2.45) is 10.7 Å². The number of hydrogen-bond donors (Lipinski definition) is 1. The first-order chi connectivity index (χ1) is 13.2. The zero-order valence-electron chi connectivity index (χ0n) is 15.6. The van der Waals surface area contributed by atoms with Gasteiger partial charge >= 0.3 is 0 Å². The monoisotopic (exact) mass is 386 g/mol. The van der Waals surface area contributed by atoms with E-state index < -0.39 is 0 Å². The molecule has 1 aromatic carbocycles. The van der Waals surface area contributed by atoms with Crippen LogP contribution in [-0.2, 0) is 6.54 Å². The lowest BCUT2D eigenvalue weighted by atomic mass is 10.2. The van der Waals surface area contributed by atoms with Crippen LogP contribution in [0.4, 0.5) is 5.69 Å². The predicted octanol–water partition coefficient (Wildman–Crippen LogP) is 3.29. The van der Waals surface area contributed by atoms with E-state index in [-0.39, 0.29) is 0 Å². The average Bonchev–Trinajstić information content (AvgIpc) is 3.38. The van der Waals surface area contributed by atoms with Gasteiger partial charge in [-0.1, -0.05) is 24.4 Å². The topological polar surface area (TPSA) is 62.7 Å². The second kappa shape index (κ2) is 8.21. The quantitative estimate of drug-likeness (QED) is 0.647. The zero-order valence-corrected chi connectivity index (χ0v) is 16.4. The summed E-state index contributed by atoms with van der Waals surface area (Å²) in [6, 6.07) is 10.6. The minimum atomic E-state index is 0.545. The van der Waals surface area contributed by atoms with Crippen LogP contribution in [0.1, 0.15) is 37.4 Å². The summed E-state index contributed by atoms with van der Waals surface area (Å²) in [5.74, 6) is 0.612. The van der Waals surface area contributed by atoms with Crippen molar-refractivity contribution in [3.05, 3.63) is 47.2 Å². The van der Waals surface area contributed by atoms with Crippen molar-refractivity contribution in [3.8, 4) is 0 Å². The SMILES string of the molecule is NC(=NCc1ccn(C2CCCC2)n1)N1CCN(c2ccc(Cl)cc2)CC1. The second-order valence-corrected chi connectivity index (χ2v) is 7.79. The van der Waals surface area contributed by atoms with Crippen molar-refractivity contribution in [1.29, 1.82) is 0 Å². The molecule has 27 heavy (non-hydrogen) atoms. The smallest absolute Gasteiger partial charge is 0.191 e. The third-order valence-electron chi connectivity index (χ3n) is 5.56. The summed E-state index contributed by atoms with van der Waals surface area (Å²) in [7, 11) is 0. The molecule has 144 valence electrons. The largest absolute Gasteiger partial charge is 0.370 e. The van der Waals surface area contributed by atoms with Crippen LogP contribution in [-0.4, -0.2) is 46.8 Å². The van der Waals surface area contributed by atoms with Gasteiger partial charge in [-0.2, -0.15) is 5.10 Å². The molecule has 7 heteroatoms. The van der Waals surface area contributed by atoms with Crippen molar-refractivity contribution in [2.45, 2.75) is 38.3 Å². The van der Waals surface area contributed by atoms with Crippen LogP contribution in [0, 0.1) is 0 Å². The molecule has 0 unspecified atom stereocenters. The Kier molecular flexibility index (Phi) is 5.53. The molecule has 6 nitrogen and oxygen atoms in total. The lowest BCUT2D eigenvalue weighted by Gasteiger charge is -2.36. The van der Waals surface area contributed by atoms with Crippen LogP contribution < -0.4 is 10.6 Å². The molecule has 2 heterocycles. The van der Waals surface area contributed by atoms with Gasteiger partial charge in [0.05, 0.1) is 18.3 Å². The highest BCUT2D eigenvalue weighted by Crippen LogP contribution is 2.28. The van der Waals surface area contributed by atoms with Crippen LogP contribution in [0.15, 0.2) is 41.5 Å². The Hall–Kier alpha value is -2.21. The highest BCUT2D eigenvalue weighted by atomic mass is 35.5. The van der Waals surface area contributed by atoms with E-state index in [2.05, 4.69) is 49.0 Å². The van der Waals surface area contributed by atoms with Crippen LogP contribution >= 0.6 is 11.6 Å². The lowest BCUT2D eigenvalue weighted by molar-refractivity contribution is 0.380. The number of anilines is 1. The summed E-state index contributed by atoms with van der Waals surface area (Å²) in [5, 5.41) is 5.45. The number of aromatic nitrogens is 2.